The first-order chi connectivity index (χ1) is 7.51. The minimum Gasteiger partial charge on any atom is -0.385 e. The van der Waals surface area contributed by atoms with E-state index < -0.39 is 5.60 Å². The highest BCUT2D eigenvalue weighted by molar-refractivity contribution is 5.35. The summed E-state index contributed by atoms with van der Waals surface area (Å²) in [7, 11) is 0. The molecule has 1 aliphatic heterocycles. The first-order valence-electron chi connectivity index (χ1n) is 5.89. The summed E-state index contributed by atoms with van der Waals surface area (Å²) in [5.74, 6) is 0.217. The number of aliphatic hydroxyl groups is 1. The van der Waals surface area contributed by atoms with Gasteiger partial charge in [-0.2, -0.15) is 0 Å². The zero-order valence-corrected chi connectivity index (χ0v) is 10.3. The lowest BCUT2D eigenvalue weighted by atomic mass is 9.80. The van der Waals surface area contributed by atoms with Gasteiger partial charge in [0.15, 0.2) is 0 Å². The van der Waals surface area contributed by atoms with Crippen molar-refractivity contribution in [3.05, 3.63) is 34.9 Å². The molecule has 2 unspecified atom stereocenters. The van der Waals surface area contributed by atoms with Gasteiger partial charge in [0.25, 0.3) is 0 Å². The molecule has 2 nitrogen and oxygen atoms in total. The minimum atomic E-state index is -0.770. The molecule has 1 aliphatic rings. The number of rotatable bonds is 2. The molecule has 2 atom stereocenters. The van der Waals surface area contributed by atoms with E-state index in [9.17, 15) is 5.11 Å². The predicted octanol–water partition coefficient (Wildman–Crippen LogP) is 2.55. The van der Waals surface area contributed by atoms with Gasteiger partial charge in [0.1, 0.15) is 0 Å². The Morgan fingerprint density at radius 1 is 1.38 bits per heavy atom. The number of aryl methyl sites for hydroxylation is 2. The van der Waals surface area contributed by atoms with Crippen LogP contribution in [0.5, 0.6) is 0 Å². The lowest BCUT2D eigenvalue weighted by Gasteiger charge is -2.31. The Kier molecular flexibility index (Phi) is 3.04. The third-order valence-electron chi connectivity index (χ3n) is 3.65. The van der Waals surface area contributed by atoms with Crippen LogP contribution in [0.4, 0.5) is 0 Å². The van der Waals surface area contributed by atoms with Gasteiger partial charge >= 0.3 is 0 Å². The van der Waals surface area contributed by atoms with Crippen LogP contribution in [-0.2, 0) is 10.3 Å². The Morgan fingerprint density at radius 2 is 2.12 bits per heavy atom. The fraction of sp³-hybridized carbons (Fsp3) is 0.571. The van der Waals surface area contributed by atoms with E-state index in [4.69, 9.17) is 4.74 Å². The Labute approximate surface area is 97.3 Å². The standard InChI is InChI=1S/C14H20O2/c1-10-4-5-13(11(2)8-10)14(3,15)12-6-7-16-9-12/h4-5,8,12,15H,6-7,9H2,1-3H3. The molecule has 2 rings (SSSR count). The third kappa shape index (κ3) is 2.00. The van der Waals surface area contributed by atoms with E-state index in [1.54, 1.807) is 0 Å². The van der Waals surface area contributed by atoms with Crippen molar-refractivity contribution in [3.8, 4) is 0 Å². The second kappa shape index (κ2) is 4.19. The van der Waals surface area contributed by atoms with Gasteiger partial charge in [-0.15, -0.1) is 0 Å². The van der Waals surface area contributed by atoms with E-state index in [-0.39, 0.29) is 5.92 Å². The van der Waals surface area contributed by atoms with Gasteiger partial charge in [0.2, 0.25) is 0 Å². The summed E-state index contributed by atoms with van der Waals surface area (Å²) < 4.78 is 5.37. The van der Waals surface area contributed by atoms with E-state index in [1.165, 1.54) is 5.56 Å². The maximum Gasteiger partial charge on any atom is 0.0921 e. The van der Waals surface area contributed by atoms with Crippen molar-refractivity contribution in [2.45, 2.75) is 32.8 Å². The van der Waals surface area contributed by atoms with Crippen LogP contribution in [0, 0.1) is 19.8 Å². The minimum absolute atomic E-state index is 0.217. The maximum atomic E-state index is 10.7. The molecule has 16 heavy (non-hydrogen) atoms. The van der Waals surface area contributed by atoms with E-state index in [0.29, 0.717) is 6.61 Å². The highest BCUT2D eigenvalue weighted by atomic mass is 16.5. The van der Waals surface area contributed by atoms with Crippen LogP contribution in [0.2, 0.25) is 0 Å². The van der Waals surface area contributed by atoms with Gasteiger partial charge in [-0.25, -0.2) is 0 Å². The summed E-state index contributed by atoms with van der Waals surface area (Å²) in [6.07, 6.45) is 0.945. The van der Waals surface area contributed by atoms with Gasteiger partial charge in [-0.3, -0.25) is 0 Å². The Bertz CT molecular complexity index is 376. The molecule has 0 aromatic heterocycles. The summed E-state index contributed by atoms with van der Waals surface area (Å²) in [5.41, 5.74) is 2.67. The predicted molar refractivity (Wildman–Crippen MR) is 64.4 cm³/mol. The number of hydrogen-bond acceptors (Lipinski definition) is 2. The summed E-state index contributed by atoms with van der Waals surface area (Å²) in [5, 5.41) is 10.7. The lowest BCUT2D eigenvalue weighted by Crippen LogP contribution is -2.33. The Morgan fingerprint density at radius 3 is 2.69 bits per heavy atom. The largest absolute Gasteiger partial charge is 0.385 e. The van der Waals surface area contributed by atoms with Crippen LogP contribution < -0.4 is 0 Å². The van der Waals surface area contributed by atoms with E-state index >= 15 is 0 Å². The molecule has 0 spiro atoms. The zero-order valence-electron chi connectivity index (χ0n) is 10.3. The Hall–Kier alpha value is -0.860. The van der Waals surface area contributed by atoms with Gasteiger partial charge in [-0.05, 0) is 38.3 Å². The van der Waals surface area contributed by atoms with Crippen molar-refractivity contribution in [2.24, 2.45) is 5.92 Å². The van der Waals surface area contributed by atoms with Crippen LogP contribution in [0.1, 0.15) is 30.0 Å². The van der Waals surface area contributed by atoms with Crippen molar-refractivity contribution in [1.82, 2.24) is 0 Å². The molecule has 1 fully saturated rings. The molecule has 1 N–H and O–H groups in total. The molecule has 0 radical (unpaired) electrons. The second-order valence-corrected chi connectivity index (χ2v) is 5.03. The second-order valence-electron chi connectivity index (χ2n) is 5.03. The summed E-state index contributed by atoms with van der Waals surface area (Å²) in [6, 6.07) is 6.23. The van der Waals surface area contributed by atoms with E-state index in [0.717, 1.165) is 24.2 Å². The van der Waals surface area contributed by atoms with Crippen LogP contribution in [0.15, 0.2) is 18.2 Å². The van der Waals surface area contributed by atoms with Crippen LogP contribution in [-0.4, -0.2) is 18.3 Å². The normalized spacial score (nSPS) is 24.4. The summed E-state index contributed by atoms with van der Waals surface area (Å²) >= 11 is 0. The van der Waals surface area contributed by atoms with Gasteiger partial charge in [0, 0.05) is 12.5 Å². The molecule has 2 heteroatoms. The molecular weight excluding hydrogens is 200 g/mol. The maximum absolute atomic E-state index is 10.7. The van der Waals surface area contributed by atoms with Gasteiger partial charge < -0.3 is 9.84 Å². The Balaban J connectivity index is 2.34. The molecule has 1 aromatic carbocycles. The third-order valence-corrected chi connectivity index (χ3v) is 3.65. The van der Waals surface area contributed by atoms with Crippen LogP contribution in [0.25, 0.3) is 0 Å². The van der Waals surface area contributed by atoms with Crippen molar-refractivity contribution in [1.29, 1.82) is 0 Å². The van der Waals surface area contributed by atoms with Crippen molar-refractivity contribution in [3.63, 3.8) is 0 Å². The topological polar surface area (TPSA) is 29.5 Å². The summed E-state index contributed by atoms with van der Waals surface area (Å²) in [6.45, 7) is 7.48. The molecule has 0 saturated carbocycles. The molecule has 0 aliphatic carbocycles. The van der Waals surface area contributed by atoms with Crippen LogP contribution >= 0.6 is 0 Å². The van der Waals surface area contributed by atoms with E-state index in [2.05, 4.69) is 26.0 Å². The highest BCUT2D eigenvalue weighted by Crippen LogP contribution is 2.36. The highest BCUT2D eigenvalue weighted by Gasteiger charge is 2.37. The number of hydrogen-bond donors (Lipinski definition) is 1. The monoisotopic (exact) mass is 220 g/mol. The molecular formula is C14H20O2. The van der Waals surface area contributed by atoms with Crippen molar-refractivity contribution in [2.75, 3.05) is 13.2 Å². The SMILES string of the molecule is Cc1ccc(C(C)(O)C2CCOC2)c(C)c1. The number of ether oxygens (including phenoxy) is 1. The smallest absolute Gasteiger partial charge is 0.0921 e. The first-order valence-corrected chi connectivity index (χ1v) is 5.89. The molecule has 0 bridgehead atoms. The number of benzene rings is 1. The van der Waals surface area contributed by atoms with Crippen molar-refractivity contribution < 1.29 is 9.84 Å². The molecule has 0 amide bonds. The fourth-order valence-corrected chi connectivity index (χ4v) is 2.58. The quantitative estimate of drug-likeness (QED) is 0.830. The molecule has 1 heterocycles. The van der Waals surface area contributed by atoms with Crippen LogP contribution in [0.3, 0.4) is 0 Å². The van der Waals surface area contributed by atoms with Gasteiger partial charge in [0.05, 0.1) is 12.2 Å². The molecule has 88 valence electrons. The average molecular weight is 220 g/mol. The fourth-order valence-electron chi connectivity index (χ4n) is 2.58. The molecule has 1 saturated heterocycles. The average Bonchev–Trinajstić information content (AvgIpc) is 2.69. The van der Waals surface area contributed by atoms with Gasteiger partial charge in [-0.1, -0.05) is 23.8 Å². The van der Waals surface area contributed by atoms with E-state index in [1.807, 2.05) is 13.0 Å². The zero-order chi connectivity index (χ0) is 11.8. The summed E-state index contributed by atoms with van der Waals surface area (Å²) in [4.78, 5) is 0. The molecule has 1 aromatic rings. The van der Waals surface area contributed by atoms with Crippen molar-refractivity contribution >= 4 is 0 Å². The first kappa shape index (κ1) is 11.6. The lowest BCUT2D eigenvalue weighted by molar-refractivity contribution is -0.0102.